The van der Waals surface area contributed by atoms with Crippen molar-refractivity contribution in [2.24, 2.45) is 0 Å². The van der Waals surface area contributed by atoms with Gasteiger partial charge in [-0.25, -0.2) is 0 Å². The Balaban J connectivity index is 2.65. The molecule has 19 heavy (non-hydrogen) atoms. The minimum Gasteiger partial charge on any atom is -0.508 e. The zero-order chi connectivity index (χ0) is 14.3. The van der Waals surface area contributed by atoms with Crippen LogP contribution in [0.1, 0.15) is 30.6 Å². The summed E-state index contributed by atoms with van der Waals surface area (Å²) >= 11 is 4.02. The molecule has 0 saturated heterocycles. The van der Waals surface area contributed by atoms with Crippen LogP contribution in [0.5, 0.6) is 11.5 Å². The Kier molecular flexibility index (Phi) is 6.22. The number of ketones is 1. The number of benzene rings is 1. The summed E-state index contributed by atoms with van der Waals surface area (Å²) in [6, 6.07) is 4.55. The summed E-state index contributed by atoms with van der Waals surface area (Å²) < 4.78 is 5.54. The lowest BCUT2D eigenvalue weighted by Crippen LogP contribution is -2.00. The van der Waals surface area contributed by atoms with E-state index in [1.807, 2.05) is 19.1 Å². The number of rotatable bonds is 6. The molecule has 1 rings (SSSR count). The zero-order valence-corrected chi connectivity index (χ0v) is 12.0. The maximum Gasteiger partial charge on any atom is 0.160 e. The van der Waals surface area contributed by atoms with Crippen LogP contribution in [0.4, 0.5) is 0 Å². The summed E-state index contributed by atoms with van der Waals surface area (Å²) in [4.78, 5) is 11.3. The first-order valence-electron chi connectivity index (χ1n) is 6.00. The molecular weight excluding hydrogens is 260 g/mol. The number of allylic oxidation sites excluding steroid dienone is 2. The fourth-order valence-electron chi connectivity index (χ4n) is 1.58. The summed E-state index contributed by atoms with van der Waals surface area (Å²) in [5.74, 6) is 0.424. The molecule has 0 fully saturated rings. The van der Waals surface area contributed by atoms with Crippen molar-refractivity contribution in [3.05, 3.63) is 46.9 Å². The van der Waals surface area contributed by atoms with Crippen molar-refractivity contribution in [2.75, 3.05) is 6.61 Å². The first-order chi connectivity index (χ1) is 9.06. The maximum absolute atomic E-state index is 11.3. The summed E-state index contributed by atoms with van der Waals surface area (Å²) in [6.45, 7) is 3.87. The van der Waals surface area contributed by atoms with Gasteiger partial charge in [0.15, 0.2) is 5.78 Å². The number of thiol groups is 1. The monoisotopic (exact) mass is 278 g/mol. The second kappa shape index (κ2) is 7.69. The van der Waals surface area contributed by atoms with Crippen molar-refractivity contribution in [3.8, 4) is 11.5 Å². The van der Waals surface area contributed by atoms with Gasteiger partial charge in [-0.1, -0.05) is 12.2 Å². The van der Waals surface area contributed by atoms with Crippen LogP contribution in [0.15, 0.2) is 41.3 Å². The van der Waals surface area contributed by atoms with Crippen LogP contribution in [-0.2, 0) is 0 Å². The van der Waals surface area contributed by atoms with E-state index in [2.05, 4.69) is 12.6 Å². The van der Waals surface area contributed by atoms with Gasteiger partial charge in [0.1, 0.15) is 11.5 Å². The molecule has 0 radical (unpaired) electrons. The number of phenols is 1. The minimum atomic E-state index is -0.104. The van der Waals surface area contributed by atoms with Crippen LogP contribution < -0.4 is 4.74 Å². The highest BCUT2D eigenvalue weighted by molar-refractivity contribution is 7.83. The Morgan fingerprint density at radius 1 is 1.42 bits per heavy atom. The van der Waals surface area contributed by atoms with E-state index in [0.717, 1.165) is 12.0 Å². The molecule has 1 aromatic rings. The molecule has 0 amide bonds. The molecule has 0 unspecified atom stereocenters. The molecule has 0 aliphatic heterocycles. The predicted molar refractivity (Wildman–Crippen MR) is 80.1 cm³/mol. The van der Waals surface area contributed by atoms with Gasteiger partial charge in [-0.05, 0) is 37.0 Å². The molecule has 0 aromatic heterocycles. The lowest BCUT2D eigenvalue weighted by Gasteiger charge is -2.08. The third-order valence-corrected chi connectivity index (χ3v) is 2.77. The van der Waals surface area contributed by atoms with Crippen LogP contribution in [0.3, 0.4) is 0 Å². The lowest BCUT2D eigenvalue weighted by molar-refractivity contribution is 0.101. The van der Waals surface area contributed by atoms with Gasteiger partial charge in [-0.3, -0.25) is 4.79 Å². The van der Waals surface area contributed by atoms with Gasteiger partial charge >= 0.3 is 0 Å². The van der Waals surface area contributed by atoms with Gasteiger partial charge in [-0.2, -0.15) is 12.6 Å². The van der Waals surface area contributed by atoms with E-state index in [9.17, 15) is 9.90 Å². The quantitative estimate of drug-likeness (QED) is 0.473. The fraction of sp³-hybridized carbons (Fsp3) is 0.267. The molecule has 4 heteroatoms. The third-order valence-electron chi connectivity index (χ3n) is 2.62. The van der Waals surface area contributed by atoms with Gasteiger partial charge in [0, 0.05) is 18.1 Å². The number of aromatic hydroxyl groups is 1. The molecule has 0 aliphatic rings. The number of ether oxygens (including phenoxy) is 1. The summed E-state index contributed by atoms with van der Waals surface area (Å²) in [5, 5.41) is 11.2. The van der Waals surface area contributed by atoms with Gasteiger partial charge in [0.05, 0.1) is 6.61 Å². The summed E-state index contributed by atoms with van der Waals surface area (Å²) in [6.07, 6.45) is 4.62. The summed E-state index contributed by atoms with van der Waals surface area (Å²) in [5.41, 5.74) is 1.55. The second-order valence-corrected chi connectivity index (χ2v) is 4.35. The number of Topliss-reactive ketones (excluding diaryl/α,β-unsaturated/α-hetero) is 1. The number of hydrogen-bond acceptors (Lipinski definition) is 4. The topological polar surface area (TPSA) is 46.5 Å². The smallest absolute Gasteiger partial charge is 0.160 e. The largest absolute Gasteiger partial charge is 0.508 e. The predicted octanol–water partition coefficient (Wildman–Crippen LogP) is 3.75. The molecule has 3 nitrogen and oxygen atoms in total. The van der Waals surface area contributed by atoms with E-state index in [0.29, 0.717) is 17.9 Å². The summed E-state index contributed by atoms with van der Waals surface area (Å²) in [7, 11) is 0. The van der Waals surface area contributed by atoms with E-state index in [4.69, 9.17) is 4.74 Å². The van der Waals surface area contributed by atoms with Crippen molar-refractivity contribution in [3.63, 3.8) is 0 Å². The number of hydrogen-bond donors (Lipinski definition) is 2. The Hall–Kier alpha value is -1.68. The normalized spacial score (nSPS) is 11.8. The minimum absolute atomic E-state index is 0.0317. The zero-order valence-electron chi connectivity index (χ0n) is 11.1. The van der Waals surface area contributed by atoms with Crippen molar-refractivity contribution in [2.45, 2.75) is 20.3 Å². The van der Waals surface area contributed by atoms with Gasteiger partial charge in [0.2, 0.25) is 0 Å². The van der Waals surface area contributed by atoms with Crippen LogP contribution in [0.2, 0.25) is 0 Å². The maximum atomic E-state index is 11.3. The Morgan fingerprint density at radius 2 is 2.16 bits per heavy atom. The lowest BCUT2D eigenvalue weighted by atomic mass is 10.1. The number of carbonyl (C=O) groups excluding carboxylic acids is 1. The fourth-order valence-corrected chi connectivity index (χ4v) is 1.77. The highest BCUT2D eigenvalue weighted by atomic mass is 32.1. The molecule has 0 atom stereocenters. The van der Waals surface area contributed by atoms with Crippen molar-refractivity contribution >= 4 is 18.4 Å². The molecule has 102 valence electrons. The van der Waals surface area contributed by atoms with Crippen molar-refractivity contribution in [1.29, 1.82) is 0 Å². The van der Waals surface area contributed by atoms with Crippen LogP contribution in [-0.4, -0.2) is 17.5 Å². The molecular formula is C15H18O3S. The number of carbonyl (C=O) groups is 1. The van der Waals surface area contributed by atoms with Crippen molar-refractivity contribution < 1.29 is 14.6 Å². The van der Waals surface area contributed by atoms with Gasteiger partial charge in [-0.15, -0.1) is 0 Å². The van der Waals surface area contributed by atoms with Gasteiger partial charge in [0.25, 0.3) is 0 Å². The molecule has 1 N–H and O–H groups in total. The third kappa shape index (κ3) is 5.22. The average molecular weight is 278 g/mol. The molecule has 0 bridgehead atoms. The Bertz CT molecular complexity index is 504. The highest BCUT2D eigenvalue weighted by Gasteiger charge is 2.05. The Morgan fingerprint density at radius 3 is 2.74 bits per heavy atom. The number of phenolic OH excluding ortho intramolecular Hbond substituents is 1. The molecule has 0 spiro atoms. The second-order valence-electron chi connectivity index (χ2n) is 4.05. The average Bonchev–Trinajstić information content (AvgIpc) is 2.37. The highest BCUT2D eigenvalue weighted by Crippen LogP contribution is 2.22. The van der Waals surface area contributed by atoms with E-state index < -0.39 is 0 Å². The van der Waals surface area contributed by atoms with Crippen LogP contribution in [0, 0.1) is 0 Å². The van der Waals surface area contributed by atoms with E-state index >= 15 is 0 Å². The molecule has 0 saturated carbocycles. The first-order valence-corrected chi connectivity index (χ1v) is 6.52. The molecule has 1 aromatic carbocycles. The first kappa shape index (κ1) is 15.4. The van der Waals surface area contributed by atoms with Crippen LogP contribution >= 0.6 is 12.6 Å². The van der Waals surface area contributed by atoms with E-state index in [1.54, 1.807) is 11.5 Å². The Labute approximate surface area is 119 Å². The van der Waals surface area contributed by atoms with Gasteiger partial charge < -0.3 is 9.84 Å². The standard InChI is InChI=1S/C15H18O3S/c1-3-12(5-7-19)4-6-18-15-9-13(11(2)16)8-14(17)10-15/h3,5,7-10,17,19H,4,6H2,1-2H3/b7-5-,12-3-. The SMILES string of the molecule is C/C=C(\C=C/S)CCOc1cc(O)cc(C(C)=O)c1. The van der Waals surface area contributed by atoms with E-state index in [1.165, 1.54) is 19.1 Å². The van der Waals surface area contributed by atoms with Crippen molar-refractivity contribution in [1.82, 2.24) is 0 Å². The molecule has 0 aliphatic carbocycles. The van der Waals surface area contributed by atoms with Crippen LogP contribution in [0.25, 0.3) is 0 Å². The molecule has 0 heterocycles. The van der Waals surface area contributed by atoms with E-state index in [-0.39, 0.29) is 11.5 Å².